The summed E-state index contributed by atoms with van der Waals surface area (Å²) in [5.41, 5.74) is 3.89. The number of carbonyl (C=O) groups is 1. The molecule has 1 aromatic heterocycles. The number of carbonyl (C=O) groups excluding carboxylic acids is 1. The molecule has 0 spiro atoms. The molecule has 1 amide bonds. The molecule has 1 aromatic carbocycles. The minimum absolute atomic E-state index is 0.513. The Morgan fingerprint density at radius 2 is 2.09 bits per heavy atom. The van der Waals surface area contributed by atoms with Gasteiger partial charge in [0.1, 0.15) is 5.82 Å². The van der Waals surface area contributed by atoms with Gasteiger partial charge in [0.05, 0.1) is 31.1 Å². The van der Waals surface area contributed by atoms with Crippen LogP contribution in [0.4, 0.5) is 22.9 Å². The van der Waals surface area contributed by atoms with E-state index in [1.54, 1.807) is 11.1 Å². The number of amides is 1. The summed E-state index contributed by atoms with van der Waals surface area (Å²) in [5.74, 6) is 0.803. The molecule has 2 aromatic rings. The van der Waals surface area contributed by atoms with E-state index in [2.05, 4.69) is 27.3 Å². The fraction of sp³-hybridized carbons (Fsp3) is 0.294. The Kier molecular flexibility index (Phi) is 3.59. The topological polar surface area (TPSA) is 57.7 Å². The summed E-state index contributed by atoms with van der Waals surface area (Å²) >= 11 is 0. The molecule has 1 saturated heterocycles. The summed E-state index contributed by atoms with van der Waals surface area (Å²) in [5, 5.41) is 3.34. The lowest BCUT2D eigenvalue weighted by atomic mass is 10.2. The normalized spacial score (nSPS) is 16.9. The van der Waals surface area contributed by atoms with Crippen molar-refractivity contribution in [3.05, 3.63) is 42.1 Å². The van der Waals surface area contributed by atoms with Crippen LogP contribution in [-0.4, -0.2) is 37.7 Å². The van der Waals surface area contributed by atoms with Crippen molar-refractivity contribution in [3.8, 4) is 0 Å². The van der Waals surface area contributed by atoms with Crippen LogP contribution < -0.4 is 15.1 Å². The van der Waals surface area contributed by atoms with E-state index in [-0.39, 0.29) is 0 Å². The standard InChI is InChI=1S/C17H18N4O2/c22-12-21-11-13-2-1-5-18-17(13)19-15-4-3-14(10-16(15)21)20-6-8-23-9-7-20/h1-5,10,12H,6-9,11H2,(H,18,19). The van der Waals surface area contributed by atoms with Crippen LogP contribution in [0.2, 0.25) is 0 Å². The van der Waals surface area contributed by atoms with Crippen LogP contribution in [0.3, 0.4) is 0 Å². The van der Waals surface area contributed by atoms with E-state index in [4.69, 9.17) is 4.74 Å². The molecule has 0 atom stereocenters. The maximum Gasteiger partial charge on any atom is 0.214 e. The van der Waals surface area contributed by atoms with Crippen molar-refractivity contribution >= 4 is 29.3 Å². The third-order valence-corrected chi connectivity index (χ3v) is 4.28. The molecule has 1 fully saturated rings. The second-order valence-corrected chi connectivity index (χ2v) is 5.67. The van der Waals surface area contributed by atoms with Crippen molar-refractivity contribution in [1.82, 2.24) is 4.98 Å². The SMILES string of the molecule is O=CN1Cc2cccnc2Nc2ccc(N3CCOCC3)cc21. The van der Waals surface area contributed by atoms with Gasteiger partial charge < -0.3 is 19.9 Å². The summed E-state index contributed by atoms with van der Waals surface area (Å²) in [6.07, 6.45) is 2.63. The maximum atomic E-state index is 11.6. The molecule has 118 valence electrons. The van der Waals surface area contributed by atoms with Crippen molar-refractivity contribution in [3.63, 3.8) is 0 Å². The monoisotopic (exact) mass is 310 g/mol. The molecule has 2 aliphatic heterocycles. The van der Waals surface area contributed by atoms with Crippen molar-refractivity contribution in [1.29, 1.82) is 0 Å². The van der Waals surface area contributed by atoms with E-state index < -0.39 is 0 Å². The number of benzene rings is 1. The molecule has 0 saturated carbocycles. The van der Waals surface area contributed by atoms with Crippen LogP contribution in [0.1, 0.15) is 5.56 Å². The van der Waals surface area contributed by atoms with E-state index in [1.807, 2.05) is 18.2 Å². The molecule has 4 rings (SSSR count). The first-order chi connectivity index (χ1) is 11.3. The molecular formula is C17H18N4O2. The second-order valence-electron chi connectivity index (χ2n) is 5.67. The molecule has 23 heavy (non-hydrogen) atoms. The third kappa shape index (κ3) is 2.61. The number of nitrogens with one attached hydrogen (secondary N) is 1. The number of aromatic nitrogens is 1. The first-order valence-corrected chi connectivity index (χ1v) is 7.75. The van der Waals surface area contributed by atoms with Crippen molar-refractivity contribution in [2.45, 2.75) is 6.54 Å². The van der Waals surface area contributed by atoms with Crippen LogP contribution in [0.25, 0.3) is 0 Å². The van der Waals surface area contributed by atoms with Crippen LogP contribution in [0.5, 0.6) is 0 Å². The number of morpholine rings is 1. The fourth-order valence-corrected chi connectivity index (χ4v) is 3.05. The quantitative estimate of drug-likeness (QED) is 0.861. The lowest BCUT2D eigenvalue weighted by Gasteiger charge is -2.30. The first-order valence-electron chi connectivity index (χ1n) is 7.75. The molecule has 2 aliphatic rings. The van der Waals surface area contributed by atoms with E-state index in [9.17, 15) is 4.79 Å². The first kappa shape index (κ1) is 14.0. The summed E-state index contributed by atoms with van der Waals surface area (Å²) in [6, 6.07) is 10.0. The highest BCUT2D eigenvalue weighted by molar-refractivity contribution is 5.89. The zero-order valence-corrected chi connectivity index (χ0v) is 12.7. The molecule has 3 heterocycles. The highest BCUT2D eigenvalue weighted by atomic mass is 16.5. The smallest absolute Gasteiger partial charge is 0.214 e. The van der Waals surface area contributed by atoms with Crippen molar-refractivity contribution < 1.29 is 9.53 Å². The number of anilines is 4. The number of fused-ring (bicyclic) bond motifs is 2. The molecule has 6 heteroatoms. The van der Waals surface area contributed by atoms with Crippen LogP contribution in [-0.2, 0) is 16.1 Å². The molecule has 6 nitrogen and oxygen atoms in total. The van der Waals surface area contributed by atoms with Gasteiger partial charge in [0.2, 0.25) is 6.41 Å². The average molecular weight is 310 g/mol. The number of rotatable bonds is 2. The van der Waals surface area contributed by atoms with E-state index in [0.29, 0.717) is 6.54 Å². The van der Waals surface area contributed by atoms with Gasteiger partial charge in [-0.05, 0) is 24.3 Å². The Hall–Kier alpha value is -2.60. The second kappa shape index (κ2) is 5.89. The van der Waals surface area contributed by atoms with Gasteiger partial charge in [-0.25, -0.2) is 4.98 Å². The number of ether oxygens (including phenoxy) is 1. The average Bonchev–Trinajstić information content (AvgIpc) is 2.78. The van der Waals surface area contributed by atoms with E-state index >= 15 is 0 Å². The van der Waals surface area contributed by atoms with Gasteiger partial charge in [-0.15, -0.1) is 0 Å². The lowest BCUT2D eigenvalue weighted by Crippen LogP contribution is -2.36. The highest BCUT2D eigenvalue weighted by Gasteiger charge is 2.21. The summed E-state index contributed by atoms with van der Waals surface area (Å²) < 4.78 is 5.41. The number of hydrogen-bond donors (Lipinski definition) is 1. The van der Waals surface area contributed by atoms with Crippen LogP contribution >= 0.6 is 0 Å². The molecule has 0 aliphatic carbocycles. The van der Waals surface area contributed by atoms with Gasteiger partial charge in [0.15, 0.2) is 0 Å². The zero-order chi connectivity index (χ0) is 15.6. The summed E-state index contributed by atoms with van der Waals surface area (Å²) in [7, 11) is 0. The molecular weight excluding hydrogens is 292 g/mol. The van der Waals surface area contributed by atoms with Gasteiger partial charge in [-0.2, -0.15) is 0 Å². The Balaban J connectivity index is 1.73. The van der Waals surface area contributed by atoms with Crippen molar-refractivity contribution in [2.75, 3.05) is 41.4 Å². The fourth-order valence-electron chi connectivity index (χ4n) is 3.05. The molecule has 0 bridgehead atoms. The number of hydrogen-bond acceptors (Lipinski definition) is 5. The van der Waals surface area contributed by atoms with Gasteiger partial charge in [-0.1, -0.05) is 6.07 Å². The van der Waals surface area contributed by atoms with Gasteiger partial charge in [0, 0.05) is 30.5 Å². The molecule has 0 radical (unpaired) electrons. The highest BCUT2D eigenvalue weighted by Crippen LogP contribution is 2.36. The van der Waals surface area contributed by atoms with Gasteiger partial charge >= 0.3 is 0 Å². The van der Waals surface area contributed by atoms with Crippen LogP contribution in [0, 0.1) is 0 Å². The molecule has 0 unspecified atom stereocenters. The van der Waals surface area contributed by atoms with Gasteiger partial charge in [-0.3, -0.25) is 4.79 Å². The Morgan fingerprint density at radius 1 is 1.22 bits per heavy atom. The largest absolute Gasteiger partial charge is 0.378 e. The van der Waals surface area contributed by atoms with E-state index in [0.717, 1.165) is 61.2 Å². The minimum atomic E-state index is 0.513. The third-order valence-electron chi connectivity index (χ3n) is 4.28. The van der Waals surface area contributed by atoms with E-state index in [1.165, 1.54) is 0 Å². The Labute approximate surface area is 134 Å². The molecule has 1 N–H and O–H groups in total. The summed E-state index contributed by atoms with van der Waals surface area (Å²) in [4.78, 5) is 20.0. The minimum Gasteiger partial charge on any atom is -0.378 e. The van der Waals surface area contributed by atoms with Crippen molar-refractivity contribution in [2.24, 2.45) is 0 Å². The Morgan fingerprint density at radius 3 is 2.91 bits per heavy atom. The number of pyridine rings is 1. The predicted octanol–water partition coefficient (Wildman–Crippen LogP) is 2.14. The zero-order valence-electron chi connectivity index (χ0n) is 12.7. The lowest BCUT2D eigenvalue weighted by molar-refractivity contribution is -0.107. The summed E-state index contributed by atoms with van der Waals surface area (Å²) in [6.45, 7) is 3.73. The number of nitrogens with zero attached hydrogens (tertiary/aromatic N) is 3. The predicted molar refractivity (Wildman–Crippen MR) is 89.2 cm³/mol. The Bertz CT molecular complexity index is 728. The maximum absolute atomic E-state index is 11.6. The van der Waals surface area contributed by atoms with Crippen LogP contribution in [0.15, 0.2) is 36.5 Å². The van der Waals surface area contributed by atoms with Gasteiger partial charge in [0.25, 0.3) is 0 Å².